The molecule has 7 nitrogen and oxygen atoms in total. The molecule has 0 aliphatic heterocycles. The number of nitrogens with one attached hydrogen (secondary N) is 1. The molecule has 0 bridgehead atoms. The van der Waals surface area contributed by atoms with Gasteiger partial charge in [-0.2, -0.15) is 5.10 Å². The zero-order valence-electron chi connectivity index (χ0n) is 19.3. The molecule has 0 aliphatic rings. The van der Waals surface area contributed by atoms with Gasteiger partial charge in [0, 0.05) is 0 Å². The number of carbonyl (C=O) groups is 1. The van der Waals surface area contributed by atoms with E-state index >= 15 is 0 Å². The van der Waals surface area contributed by atoms with Crippen molar-refractivity contribution in [2.75, 3.05) is 12.9 Å². The number of allylic oxidation sites excluding steroid dienone is 1. The lowest BCUT2D eigenvalue weighted by Crippen LogP contribution is -2.24. The minimum Gasteiger partial charge on any atom is -0.497 e. The van der Waals surface area contributed by atoms with Crippen LogP contribution in [0.1, 0.15) is 12.5 Å². The molecular weight excluding hydrogens is 460 g/mol. The van der Waals surface area contributed by atoms with Gasteiger partial charge in [0.1, 0.15) is 5.75 Å². The van der Waals surface area contributed by atoms with Crippen molar-refractivity contribution in [3.8, 4) is 11.4 Å². The monoisotopic (exact) mass is 484 g/mol. The van der Waals surface area contributed by atoms with Gasteiger partial charge in [-0.3, -0.25) is 14.2 Å². The van der Waals surface area contributed by atoms with Crippen LogP contribution in [0.4, 0.5) is 0 Å². The smallest absolute Gasteiger partial charge is 0.266 e. The van der Waals surface area contributed by atoms with Gasteiger partial charge in [0.15, 0.2) is 5.16 Å². The Kier molecular flexibility index (Phi) is 7.74. The molecule has 4 aromatic rings. The molecule has 0 fully saturated rings. The molecule has 1 N–H and O–H groups in total. The highest BCUT2D eigenvalue weighted by atomic mass is 32.2. The molecule has 0 atom stereocenters. The van der Waals surface area contributed by atoms with Crippen molar-refractivity contribution in [1.29, 1.82) is 0 Å². The van der Waals surface area contributed by atoms with Crippen LogP contribution in [-0.2, 0) is 4.79 Å². The third-order valence-corrected chi connectivity index (χ3v) is 6.00. The summed E-state index contributed by atoms with van der Waals surface area (Å²) in [5.74, 6) is 0.417. The molecule has 4 rings (SSSR count). The minimum atomic E-state index is -0.303. The zero-order chi connectivity index (χ0) is 24.6. The Hall–Kier alpha value is -4.17. The van der Waals surface area contributed by atoms with E-state index in [0.717, 1.165) is 11.1 Å². The Morgan fingerprint density at radius 3 is 2.51 bits per heavy atom. The lowest BCUT2D eigenvalue weighted by Gasteiger charge is -2.13. The molecule has 1 heterocycles. The second kappa shape index (κ2) is 11.3. The van der Waals surface area contributed by atoms with Crippen LogP contribution in [0.5, 0.6) is 5.75 Å². The number of hydrazone groups is 1. The predicted octanol–water partition coefficient (Wildman–Crippen LogP) is 4.69. The number of hydrogen-bond donors (Lipinski definition) is 1. The molecule has 1 amide bonds. The molecule has 176 valence electrons. The average molecular weight is 485 g/mol. The van der Waals surface area contributed by atoms with E-state index in [-0.39, 0.29) is 17.2 Å². The number of fused-ring (bicyclic) bond motifs is 1. The summed E-state index contributed by atoms with van der Waals surface area (Å²) in [6.07, 6.45) is 3.56. The summed E-state index contributed by atoms with van der Waals surface area (Å²) in [5, 5.41) is 4.96. The maximum atomic E-state index is 13.3. The number of aromatic nitrogens is 2. The Morgan fingerprint density at radius 1 is 1.06 bits per heavy atom. The van der Waals surface area contributed by atoms with Gasteiger partial charge in [-0.15, -0.1) is 0 Å². The van der Waals surface area contributed by atoms with Crippen LogP contribution in [0.15, 0.2) is 99.5 Å². The number of para-hydroxylation sites is 1. The molecule has 35 heavy (non-hydrogen) atoms. The fourth-order valence-electron chi connectivity index (χ4n) is 3.39. The quantitative estimate of drug-likeness (QED) is 0.170. The van der Waals surface area contributed by atoms with Crippen LogP contribution in [-0.4, -0.2) is 34.5 Å². The van der Waals surface area contributed by atoms with Crippen molar-refractivity contribution in [2.45, 2.75) is 12.1 Å². The predicted molar refractivity (Wildman–Crippen MR) is 141 cm³/mol. The highest BCUT2D eigenvalue weighted by molar-refractivity contribution is 7.99. The lowest BCUT2D eigenvalue weighted by molar-refractivity contribution is -0.118. The van der Waals surface area contributed by atoms with Gasteiger partial charge in [-0.25, -0.2) is 10.4 Å². The number of ether oxygens (including phenoxy) is 1. The van der Waals surface area contributed by atoms with E-state index in [1.54, 1.807) is 55.8 Å². The Balaban J connectivity index is 1.51. The summed E-state index contributed by atoms with van der Waals surface area (Å²) in [5.41, 5.74) is 5.49. The SMILES string of the molecule is COc1ccc(-n2c(SCC(=O)N/N=C\C(C)=C\c3ccccc3)nc3ccccc3c2=O)cc1. The molecule has 8 heteroatoms. The van der Waals surface area contributed by atoms with Gasteiger partial charge in [-0.1, -0.05) is 60.3 Å². The fraction of sp³-hybridized carbons (Fsp3) is 0.111. The van der Waals surface area contributed by atoms with Crippen LogP contribution in [0.3, 0.4) is 0 Å². The largest absolute Gasteiger partial charge is 0.497 e. The highest BCUT2D eigenvalue weighted by Crippen LogP contribution is 2.22. The van der Waals surface area contributed by atoms with Gasteiger partial charge in [0.25, 0.3) is 11.5 Å². The third-order valence-electron chi connectivity index (χ3n) is 5.06. The normalized spacial score (nSPS) is 11.7. The molecule has 1 aromatic heterocycles. The van der Waals surface area contributed by atoms with Gasteiger partial charge < -0.3 is 4.74 Å². The molecule has 0 unspecified atom stereocenters. The summed E-state index contributed by atoms with van der Waals surface area (Å²) < 4.78 is 6.73. The first kappa shape index (κ1) is 24.0. The first-order valence-corrected chi connectivity index (χ1v) is 11.9. The summed E-state index contributed by atoms with van der Waals surface area (Å²) in [7, 11) is 1.58. The minimum absolute atomic E-state index is 0.0414. The summed E-state index contributed by atoms with van der Waals surface area (Å²) >= 11 is 1.17. The van der Waals surface area contributed by atoms with Gasteiger partial charge in [0.05, 0.1) is 35.7 Å². The summed E-state index contributed by atoms with van der Waals surface area (Å²) in [4.78, 5) is 30.4. The highest BCUT2D eigenvalue weighted by Gasteiger charge is 2.15. The van der Waals surface area contributed by atoms with E-state index < -0.39 is 0 Å². The molecule has 0 saturated carbocycles. The van der Waals surface area contributed by atoms with Crippen LogP contribution in [0.2, 0.25) is 0 Å². The van der Waals surface area contributed by atoms with Crippen LogP contribution < -0.4 is 15.7 Å². The average Bonchev–Trinajstić information content (AvgIpc) is 2.88. The van der Waals surface area contributed by atoms with E-state index in [0.29, 0.717) is 27.5 Å². The first-order valence-electron chi connectivity index (χ1n) is 10.9. The maximum absolute atomic E-state index is 13.3. The first-order chi connectivity index (χ1) is 17.0. The number of amides is 1. The number of benzene rings is 3. The van der Waals surface area contributed by atoms with Crippen molar-refractivity contribution in [3.63, 3.8) is 0 Å². The van der Waals surface area contributed by atoms with Crippen LogP contribution >= 0.6 is 11.8 Å². The number of hydrogen-bond acceptors (Lipinski definition) is 6. The van der Waals surface area contributed by atoms with Gasteiger partial charge >= 0.3 is 0 Å². The number of thioether (sulfide) groups is 1. The van der Waals surface area contributed by atoms with Crippen molar-refractivity contribution in [1.82, 2.24) is 15.0 Å². The Morgan fingerprint density at radius 2 is 1.77 bits per heavy atom. The molecule has 0 spiro atoms. The van der Waals surface area contributed by atoms with Crippen LogP contribution in [0, 0.1) is 0 Å². The Bertz CT molecular complexity index is 1450. The number of nitrogens with zero attached hydrogens (tertiary/aromatic N) is 3. The fourth-order valence-corrected chi connectivity index (χ4v) is 4.19. The molecule has 3 aromatic carbocycles. The Labute approximate surface area is 207 Å². The zero-order valence-corrected chi connectivity index (χ0v) is 20.2. The van der Waals surface area contributed by atoms with Crippen molar-refractivity contribution in [3.05, 3.63) is 100 Å². The second-order valence-corrected chi connectivity index (χ2v) is 8.57. The van der Waals surface area contributed by atoms with Crippen molar-refractivity contribution in [2.24, 2.45) is 5.10 Å². The number of rotatable bonds is 8. The second-order valence-electron chi connectivity index (χ2n) is 7.63. The van der Waals surface area contributed by atoms with E-state index in [4.69, 9.17) is 4.74 Å². The third kappa shape index (κ3) is 6.04. The maximum Gasteiger partial charge on any atom is 0.266 e. The van der Waals surface area contributed by atoms with E-state index in [1.807, 2.05) is 49.4 Å². The molecule has 0 aliphatic carbocycles. The lowest BCUT2D eigenvalue weighted by atomic mass is 10.1. The summed E-state index contributed by atoms with van der Waals surface area (Å²) in [6.45, 7) is 1.91. The van der Waals surface area contributed by atoms with E-state index in [9.17, 15) is 9.59 Å². The number of carbonyl (C=O) groups excluding carboxylic acids is 1. The standard InChI is InChI=1S/C27H24N4O3S/c1-19(16-20-8-4-3-5-9-20)17-28-30-25(32)18-35-27-29-24-11-7-6-10-23(24)26(33)31(27)21-12-14-22(34-2)15-13-21/h3-17H,18H2,1-2H3,(H,30,32)/b19-16+,28-17-. The molecular formula is C27H24N4O3S. The van der Waals surface area contributed by atoms with Crippen molar-refractivity contribution < 1.29 is 9.53 Å². The molecule has 0 saturated heterocycles. The molecule has 0 radical (unpaired) electrons. The van der Waals surface area contributed by atoms with Gasteiger partial charge in [-0.05, 0) is 54.5 Å². The summed E-state index contributed by atoms with van der Waals surface area (Å²) in [6, 6.07) is 24.1. The van der Waals surface area contributed by atoms with Crippen LogP contribution in [0.25, 0.3) is 22.7 Å². The van der Waals surface area contributed by atoms with E-state index in [1.165, 1.54) is 16.3 Å². The topological polar surface area (TPSA) is 85.6 Å². The van der Waals surface area contributed by atoms with E-state index in [2.05, 4.69) is 15.5 Å². The van der Waals surface area contributed by atoms with Crippen molar-refractivity contribution >= 4 is 40.9 Å². The number of methoxy groups -OCH3 is 1. The van der Waals surface area contributed by atoms with Gasteiger partial charge in [0.2, 0.25) is 0 Å².